The van der Waals surface area contributed by atoms with Gasteiger partial charge in [-0.15, -0.1) is 0 Å². The summed E-state index contributed by atoms with van der Waals surface area (Å²) in [6.07, 6.45) is 5.61. The number of benzene rings is 2. The highest BCUT2D eigenvalue weighted by Gasteiger charge is 2.33. The first-order chi connectivity index (χ1) is 16.2. The van der Waals surface area contributed by atoms with Gasteiger partial charge >= 0.3 is 5.97 Å². The van der Waals surface area contributed by atoms with Crippen LogP contribution < -0.4 is 14.9 Å². The van der Waals surface area contributed by atoms with Crippen molar-refractivity contribution in [3.8, 4) is 0 Å². The molecule has 2 heterocycles. The highest BCUT2D eigenvalue weighted by Crippen LogP contribution is 2.32. The molecule has 0 radical (unpaired) electrons. The van der Waals surface area contributed by atoms with Crippen LogP contribution in [0.15, 0.2) is 81.7 Å². The van der Waals surface area contributed by atoms with E-state index in [1.807, 2.05) is 54.6 Å². The van der Waals surface area contributed by atoms with E-state index < -0.39 is 12.0 Å². The summed E-state index contributed by atoms with van der Waals surface area (Å²) < 4.78 is 7.24. The van der Waals surface area contributed by atoms with Crippen LogP contribution in [0.3, 0.4) is 0 Å². The number of fused-ring (bicyclic) bond motifs is 1. The Hall–Kier alpha value is -3.51. The molecule has 0 N–H and O–H groups in total. The van der Waals surface area contributed by atoms with Gasteiger partial charge in [-0.1, -0.05) is 98.9 Å². The number of carbonyl (C=O) groups excluding carboxylic acids is 1. The van der Waals surface area contributed by atoms with Gasteiger partial charge in [0.15, 0.2) is 4.80 Å². The second-order valence-corrected chi connectivity index (χ2v) is 10.2. The molecule has 0 fully saturated rings. The maximum Gasteiger partial charge on any atom is 0.338 e. The molecular weight excluding hydrogens is 444 g/mol. The van der Waals surface area contributed by atoms with Crippen LogP contribution in [0, 0.1) is 0 Å². The van der Waals surface area contributed by atoms with Gasteiger partial charge < -0.3 is 4.74 Å². The predicted molar refractivity (Wildman–Crippen MR) is 137 cm³/mol. The molecule has 0 aliphatic carbocycles. The van der Waals surface area contributed by atoms with Gasteiger partial charge in [-0.05, 0) is 35.1 Å². The zero-order valence-corrected chi connectivity index (χ0v) is 20.8. The Bertz CT molecular complexity index is 1450. The Kier molecular flexibility index (Phi) is 6.53. The second-order valence-electron chi connectivity index (χ2n) is 9.24. The highest BCUT2D eigenvalue weighted by molar-refractivity contribution is 7.07. The molecule has 0 amide bonds. The summed E-state index contributed by atoms with van der Waals surface area (Å²) in [5.74, 6) is -0.482. The van der Waals surface area contributed by atoms with Crippen LogP contribution in [0.5, 0.6) is 0 Å². The van der Waals surface area contributed by atoms with Crippen molar-refractivity contribution in [1.29, 1.82) is 0 Å². The van der Waals surface area contributed by atoms with Crippen LogP contribution in [0.1, 0.15) is 50.4 Å². The molecular formula is C28H28N2O3S. The maximum absolute atomic E-state index is 13.5. The second kappa shape index (κ2) is 9.39. The number of allylic oxidation sites excluding steroid dienone is 2. The molecule has 1 aliphatic heterocycles. The summed E-state index contributed by atoms with van der Waals surface area (Å²) >= 11 is 1.32. The first-order valence-corrected chi connectivity index (χ1v) is 12.0. The predicted octanol–water partition coefficient (Wildman–Crippen LogP) is 4.37. The van der Waals surface area contributed by atoms with Crippen molar-refractivity contribution in [2.75, 3.05) is 7.11 Å². The number of rotatable bonds is 4. The molecule has 1 aromatic heterocycles. The third-order valence-corrected chi connectivity index (χ3v) is 6.86. The Morgan fingerprint density at radius 3 is 2.38 bits per heavy atom. The van der Waals surface area contributed by atoms with Gasteiger partial charge in [0.05, 0.1) is 29.0 Å². The minimum Gasteiger partial charge on any atom is -0.466 e. The average molecular weight is 473 g/mol. The van der Waals surface area contributed by atoms with E-state index in [-0.39, 0.29) is 11.0 Å². The molecule has 34 heavy (non-hydrogen) atoms. The molecule has 174 valence electrons. The SMILES string of the molecule is COC(=O)C1=C(C)N=c2sc(=CC=Cc3ccccc3)c(=O)n2C1c1ccc(C(C)(C)C)cc1. The van der Waals surface area contributed by atoms with Gasteiger partial charge in [-0.3, -0.25) is 9.36 Å². The van der Waals surface area contributed by atoms with Gasteiger partial charge in [-0.2, -0.15) is 0 Å². The third kappa shape index (κ3) is 4.59. The smallest absolute Gasteiger partial charge is 0.338 e. The van der Waals surface area contributed by atoms with Crippen LogP contribution in [-0.4, -0.2) is 17.6 Å². The lowest BCUT2D eigenvalue weighted by Gasteiger charge is -2.25. The molecule has 3 aromatic rings. The van der Waals surface area contributed by atoms with Gasteiger partial charge in [0, 0.05) is 0 Å². The van der Waals surface area contributed by atoms with Crippen LogP contribution in [0.25, 0.3) is 12.2 Å². The quantitative estimate of drug-likeness (QED) is 0.530. The maximum atomic E-state index is 13.5. The Labute approximate surface area is 203 Å². The molecule has 6 heteroatoms. The minimum atomic E-state index is -0.599. The van der Waals surface area contributed by atoms with E-state index in [9.17, 15) is 9.59 Å². The minimum absolute atomic E-state index is 0.00500. The fraction of sp³-hybridized carbons (Fsp3) is 0.250. The normalized spacial score (nSPS) is 16.5. The van der Waals surface area contributed by atoms with Crippen LogP contribution >= 0.6 is 11.3 Å². The van der Waals surface area contributed by atoms with Crippen molar-refractivity contribution >= 4 is 29.5 Å². The third-order valence-electron chi connectivity index (χ3n) is 5.86. The fourth-order valence-corrected chi connectivity index (χ4v) is 5.00. The van der Waals surface area contributed by atoms with E-state index in [2.05, 4.69) is 37.9 Å². The summed E-state index contributed by atoms with van der Waals surface area (Å²) in [5, 5.41) is 0. The van der Waals surface area contributed by atoms with Crippen LogP contribution in [0.4, 0.5) is 0 Å². The Morgan fingerprint density at radius 2 is 1.76 bits per heavy atom. The summed E-state index contributed by atoms with van der Waals surface area (Å²) in [4.78, 5) is 31.4. The number of thiazole rings is 1. The average Bonchev–Trinajstić information content (AvgIpc) is 3.12. The van der Waals surface area contributed by atoms with E-state index >= 15 is 0 Å². The standard InChI is InChI=1S/C28H28N2O3S/c1-18-23(26(32)33-5)24(20-14-16-21(17-15-20)28(2,3)4)30-25(31)22(34-27(30)29-18)13-9-12-19-10-7-6-8-11-19/h6-17,24H,1-5H3. The first kappa shape index (κ1) is 23.6. The van der Waals surface area contributed by atoms with Gasteiger partial charge in [0.25, 0.3) is 5.56 Å². The molecule has 1 aliphatic rings. The van der Waals surface area contributed by atoms with Gasteiger partial charge in [0.1, 0.15) is 0 Å². The van der Waals surface area contributed by atoms with Crippen molar-refractivity contribution < 1.29 is 9.53 Å². The van der Waals surface area contributed by atoms with Crippen LogP contribution in [-0.2, 0) is 14.9 Å². The molecule has 1 atom stereocenters. The number of hydrogen-bond donors (Lipinski definition) is 0. The molecule has 2 aromatic carbocycles. The molecule has 0 bridgehead atoms. The lowest BCUT2D eigenvalue weighted by atomic mass is 9.85. The number of esters is 1. The number of methoxy groups -OCH3 is 1. The van der Waals surface area contributed by atoms with E-state index in [0.29, 0.717) is 20.6 Å². The monoisotopic (exact) mass is 472 g/mol. The van der Waals surface area contributed by atoms with Gasteiger partial charge in [-0.25, -0.2) is 9.79 Å². The number of ether oxygens (including phenoxy) is 1. The first-order valence-electron chi connectivity index (χ1n) is 11.1. The molecule has 0 saturated heterocycles. The molecule has 4 rings (SSSR count). The number of carbonyl (C=O) groups is 1. The van der Waals surface area contributed by atoms with Crippen LogP contribution in [0.2, 0.25) is 0 Å². The molecule has 0 saturated carbocycles. The van der Waals surface area contributed by atoms with Gasteiger partial charge in [0.2, 0.25) is 0 Å². The fourth-order valence-electron chi connectivity index (χ4n) is 4.00. The zero-order chi connectivity index (χ0) is 24.5. The Morgan fingerprint density at radius 1 is 1.09 bits per heavy atom. The summed E-state index contributed by atoms with van der Waals surface area (Å²) in [6.45, 7) is 8.24. The zero-order valence-electron chi connectivity index (χ0n) is 20.0. The molecule has 1 unspecified atom stereocenters. The topological polar surface area (TPSA) is 60.7 Å². The number of hydrogen-bond acceptors (Lipinski definition) is 5. The van der Waals surface area contributed by atoms with Crippen molar-refractivity contribution in [1.82, 2.24) is 4.57 Å². The number of nitrogens with zero attached hydrogens (tertiary/aromatic N) is 2. The van der Waals surface area contributed by atoms with E-state index in [1.165, 1.54) is 24.0 Å². The number of aromatic nitrogens is 1. The summed E-state index contributed by atoms with van der Waals surface area (Å²) in [5.41, 5.74) is 3.82. The molecule has 5 nitrogen and oxygen atoms in total. The van der Waals surface area contributed by atoms with Crippen molar-refractivity contribution in [2.24, 2.45) is 4.99 Å². The van der Waals surface area contributed by atoms with E-state index in [4.69, 9.17) is 4.74 Å². The highest BCUT2D eigenvalue weighted by atomic mass is 32.1. The summed E-state index contributed by atoms with van der Waals surface area (Å²) in [7, 11) is 1.35. The van der Waals surface area contributed by atoms with E-state index in [1.54, 1.807) is 17.6 Å². The summed E-state index contributed by atoms with van der Waals surface area (Å²) in [6, 6.07) is 17.4. The molecule has 0 spiro atoms. The lowest BCUT2D eigenvalue weighted by molar-refractivity contribution is -0.136. The lowest BCUT2D eigenvalue weighted by Crippen LogP contribution is -2.39. The Balaban J connectivity index is 1.85. The van der Waals surface area contributed by atoms with E-state index in [0.717, 1.165) is 11.1 Å². The van der Waals surface area contributed by atoms with Crippen molar-refractivity contribution in [3.05, 3.63) is 108 Å². The van der Waals surface area contributed by atoms with Crippen molar-refractivity contribution in [2.45, 2.75) is 39.2 Å². The largest absolute Gasteiger partial charge is 0.466 e. The van der Waals surface area contributed by atoms with Crippen molar-refractivity contribution in [3.63, 3.8) is 0 Å².